The molecule has 2 aromatic rings. The van der Waals surface area contributed by atoms with Crippen LogP contribution in [0.4, 0.5) is 5.69 Å². The third-order valence-corrected chi connectivity index (χ3v) is 6.07. The molecule has 2 N–H and O–H groups in total. The van der Waals surface area contributed by atoms with E-state index in [1.54, 1.807) is 0 Å². The van der Waals surface area contributed by atoms with E-state index in [1.807, 2.05) is 16.3 Å². The summed E-state index contributed by atoms with van der Waals surface area (Å²) in [6, 6.07) is 8.39. The number of nitrogens with zero attached hydrogens (tertiary/aromatic N) is 2. The number of thiazole rings is 1. The molecule has 2 heterocycles. The number of hydrogen-bond donors (Lipinski definition) is 1. The largest absolute Gasteiger partial charge is 0.330 e. The van der Waals surface area contributed by atoms with E-state index in [1.165, 1.54) is 42.6 Å². The fourth-order valence-electron chi connectivity index (χ4n) is 4.08. The minimum absolute atomic E-state index is 0.0285. The summed E-state index contributed by atoms with van der Waals surface area (Å²) in [7, 11) is 0. The number of fused-ring (bicyclic) bond motifs is 2. The summed E-state index contributed by atoms with van der Waals surface area (Å²) in [6.45, 7) is 1.37. The normalized spacial score (nSPS) is 18.6. The van der Waals surface area contributed by atoms with E-state index >= 15 is 0 Å². The van der Waals surface area contributed by atoms with E-state index in [2.05, 4.69) is 23.2 Å². The molecule has 1 aromatic carbocycles. The molecule has 23 heavy (non-hydrogen) atoms. The highest BCUT2D eigenvalue weighted by molar-refractivity contribution is 7.09. The number of rotatable bonds is 3. The number of anilines is 1. The SMILES string of the molecule is NCCc1nc(C(=O)N2CC3(CCCC3)c3ccccc32)cs1. The quantitative estimate of drug-likeness (QED) is 0.942. The number of carbonyl (C=O) groups excluding carboxylic acids is 1. The Morgan fingerprint density at radius 1 is 1.30 bits per heavy atom. The fraction of sp³-hybridized carbons (Fsp3) is 0.444. The van der Waals surface area contributed by atoms with Crippen molar-refractivity contribution in [3.63, 3.8) is 0 Å². The zero-order valence-corrected chi connectivity index (χ0v) is 13.9. The summed E-state index contributed by atoms with van der Waals surface area (Å²) >= 11 is 1.53. The average molecular weight is 327 g/mol. The van der Waals surface area contributed by atoms with Crippen LogP contribution in [0.2, 0.25) is 0 Å². The van der Waals surface area contributed by atoms with Gasteiger partial charge in [-0.2, -0.15) is 0 Å². The maximum absolute atomic E-state index is 13.0. The first-order chi connectivity index (χ1) is 11.2. The molecule has 2 aliphatic rings. The Bertz CT molecular complexity index is 733. The predicted octanol–water partition coefficient (Wildman–Crippen LogP) is 3.12. The van der Waals surface area contributed by atoms with E-state index in [4.69, 9.17) is 5.73 Å². The Balaban J connectivity index is 1.67. The van der Waals surface area contributed by atoms with Crippen LogP contribution >= 0.6 is 11.3 Å². The molecule has 0 bridgehead atoms. The first-order valence-corrected chi connectivity index (χ1v) is 9.17. The lowest BCUT2D eigenvalue weighted by Crippen LogP contribution is -2.35. The lowest BCUT2D eigenvalue weighted by atomic mass is 9.81. The van der Waals surface area contributed by atoms with E-state index in [0.29, 0.717) is 12.2 Å². The summed E-state index contributed by atoms with van der Waals surface area (Å²) in [5, 5.41) is 2.81. The molecule has 1 spiro atoms. The van der Waals surface area contributed by atoms with Crippen molar-refractivity contribution in [3.05, 3.63) is 45.9 Å². The first-order valence-electron chi connectivity index (χ1n) is 8.29. The molecule has 1 aliphatic carbocycles. The van der Waals surface area contributed by atoms with Crippen LogP contribution in [0.1, 0.15) is 46.7 Å². The van der Waals surface area contributed by atoms with Crippen LogP contribution in [0, 0.1) is 0 Å². The second kappa shape index (κ2) is 5.73. The summed E-state index contributed by atoms with van der Waals surface area (Å²) in [4.78, 5) is 19.4. The van der Waals surface area contributed by atoms with Crippen molar-refractivity contribution in [1.82, 2.24) is 4.98 Å². The number of benzene rings is 1. The molecule has 1 fully saturated rings. The minimum Gasteiger partial charge on any atom is -0.330 e. The molecule has 1 saturated carbocycles. The predicted molar refractivity (Wildman–Crippen MR) is 93.1 cm³/mol. The number of carbonyl (C=O) groups is 1. The van der Waals surface area contributed by atoms with Gasteiger partial charge in [0.15, 0.2) is 0 Å². The molecular formula is C18H21N3OS. The van der Waals surface area contributed by atoms with Crippen LogP contribution in [0.25, 0.3) is 0 Å². The summed E-state index contributed by atoms with van der Waals surface area (Å²) in [5.41, 5.74) is 8.74. The van der Waals surface area contributed by atoms with Gasteiger partial charge in [-0.3, -0.25) is 4.79 Å². The Labute approximate surface area is 140 Å². The van der Waals surface area contributed by atoms with E-state index in [9.17, 15) is 4.79 Å². The molecule has 120 valence electrons. The topological polar surface area (TPSA) is 59.2 Å². The Hall–Kier alpha value is -1.72. The second-order valence-corrected chi connectivity index (χ2v) is 7.50. The number of para-hydroxylation sites is 1. The highest BCUT2D eigenvalue weighted by atomic mass is 32.1. The van der Waals surface area contributed by atoms with Crippen LogP contribution in [0.15, 0.2) is 29.6 Å². The highest BCUT2D eigenvalue weighted by Crippen LogP contribution is 2.50. The first kappa shape index (κ1) is 14.8. The van der Waals surface area contributed by atoms with Gasteiger partial charge in [0.05, 0.1) is 5.01 Å². The maximum atomic E-state index is 13.0. The van der Waals surface area contributed by atoms with Gasteiger partial charge in [0.2, 0.25) is 0 Å². The monoisotopic (exact) mass is 327 g/mol. The lowest BCUT2D eigenvalue weighted by Gasteiger charge is -2.24. The van der Waals surface area contributed by atoms with Crippen LogP contribution < -0.4 is 10.6 Å². The van der Waals surface area contributed by atoms with Gasteiger partial charge < -0.3 is 10.6 Å². The van der Waals surface area contributed by atoms with Crippen molar-refractivity contribution >= 4 is 22.9 Å². The standard InChI is InChI=1S/C18H21N3OS/c19-10-7-16-20-14(11-23-16)17(22)21-12-18(8-3-4-9-18)13-5-1-2-6-15(13)21/h1-2,5-6,11H,3-4,7-10,12,19H2. The van der Waals surface area contributed by atoms with Crippen LogP contribution in [-0.2, 0) is 11.8 Å². The minimum atomic E-state index is 0.0285. The van der Waals surface area contributed by atoms with Crippen LogP contribution in [-0.4, -0.2) is 24.0 Å². The van der Waals surface area contributed by atoms with Gasteiger partial charge in [0.1, 0.15) is 5.69 Å². The molecule has 1 amide bonds. The lowest BCUT2D eigenvalue weighted by molar-refractivity contribution is 0.0980. The van der Waals surface area contributed by atoms with E-state index in [-0.39, 0.29) is 11.3 Å². The molecule has 0 radical (unpaired) electrons. The van der Waals surface area contributed by atoms with Gasteiger partial charge in [0, 0.05) is 29.4 Å². The molecule has 5 heteroatoms. The maximum Gasteiger partial charge on any atom is 0.277 e. The molecule has 1 aromatic heterocycles. The fourth-order valence-corrected chi connectivity index (χ4v) is 4.86. The zero-order chi connectivity index (χ0) is 15.9. The van der Waals surface area contributed by atoms with Crippen molar-refractivity contribution in [2.24, 2.45) is 5.73 Å². The average Bonchev–Trinajstić information content (AvgIpc) is 3.29. The number of nitrogens with two attached hydrogens (primary N) is 1. The van der Waals surface area contributed by atoms with Gasteiger partial charge in [0.25, 0.3) is 5.91 Å². The molecular weight excluding hydrogens is 306 g/mol. The summed E-state index contributed by atoms with van der Waals surface area (Å²) in [6.07, 6.45) is 5.62. The summed E-state index contributed by atoms with van der Waals surface area (Å²) < 4.78 is 0. The third kappa shape index (κ3) is 2.39. The highest BCUT2D eigenvalue weighted by Gasteiger charge is 2.46. The molecule has 4 rings (SSSR count). The smallest absolute Gasteiger partial charge is 0.277 e. The van der Waals surface area contributed by atoms with Gasteiger partial charge in [-0.05, 0) is 31.0 Å². The van der Waals surface area contributed by atoms with Gasteiger partial charge in [-0.25, -0.2) is 4.98 Å². The van der Waals surface area contributed by atoms with E-state index in [0.717, 1.165) is 23.7 Å². The van der Waals surface area contributed by atoms with Crippen molar-refractivity contribution in [3.8, 4) is 0 Å². The Kier molecular flexibility index (Phi) is 3.70. The molecule has 0 atom stereocenters. The van der Waals surface area contributed by atoms with Crippen molar-refractivity contribution in [1.29, 1.82) is 0 Å². The number of aromatic nitrogens is 1. The number of hydrogen-bond acceptors (Lipinski definition) is 4. The van der Waals surface area contributed by atoms with Gasteiger partial charge in [-0.15, -0.1) is 11.3 Å². The van der Waals surface area contributed by atoms with Crippen molar-refractivity contribution in [2.45, 2.75) is 37.5 Å². The molecule has 0 unspecified atom stereocenters. The molecule has 0 saturated heterocycles. The van der Waals surface area contributed by atoms with Crippen LogP contribution in [0.3, 0.4) is 0 Å². The Morgan fingerprint density at radius 2 is 2.09 bits per heavy atom. The third-order valence-electron chi connectivity index (χ3n) is 5.16. The molecule has 4 nitrogen and oxygen atoms in total. The van der Waals surface area contributed by atoms with Crippen LogP contribution in [0.5, 0.6) is 0 Å². The molecule has 1 aliphatic heterocycles. The van der Waals surface area contributed by atoms with Crippen molar-refractivity contribution in [2.75, 3.05) is 18.0 Å². The van der Waals surface area contributed by atoms with Crippen molar-refractivity contribution < 1.29 is 4.79 Å². The summed E-state index contributed by atoms with van der Waals surface area (Å²) in [5.74, 6) is 0.0285. The number of amides is 1. The second-order valence-electron chi connectivity index (χ2n) is 6.56. The zero-order valence-electron chi connectivity index (χ0n) is 13.1. The Morgan fingerprint density at radius 3 is 2.87 bits per heavy atom. The van der Waals surface area contributed by atoms with E-state index < -0.39 is 0 Å². The van der Waals surface area contributed by atoms with Gasteiger partial charge >= 0.3 is 0 Å². The van der Waals surface area contributed by atoms with Gasteiger partial charge in [-0.1, -0.05) is 31.0 Å².